The number of hydrogen-bond donors (Lipinski definition) is 0. The quantitative estimate of drug-likeness (QED) is 0.419. The Balaban J connectivity index is 1.68. The Labute approximate surface area is 153 Å². The molecule has 3 nitrogen and oxygen atoms in total. The van der Waals surface area contributed by atoms with Crippen molar-refractivity contribution in [2.24, 2.45) is 0 Å². The SMILES string of the molecule is C=COc1ccc(-c2ccc(C(=O)OC(C)c3ccccc3)cc2)cc1. The van der Waals surface area contributed by atoms with E-state index in [1.165, 1.54) is 6.26 Å². The zero-order valence-electron chi connectivity index (χ0n) is 14.6. The van der Waals surface area contributed by atoms with Crippen molar-refractivity contribution in [1.29, 1.82) is 0 Å². The minimum atomic E-state index is -0.331. The fraction of sp³-hybridized carbons (Fsp3) is 0.0870. The van der Waals surface area contributed by atoms with Crippen LogP contribution in [0.25, 0.3) is 11.1 Å². The molecule has 0 heterocycles. The van der Waals surface area contributed by atoms with E-state index in [2.05, 4.69) is 6.58 Å². The zero-order chi connectivity index (χ0) is 18.4. The first kappa shape index (κ1) is 17.5. The number of carbonyl (C=O) groups excluding carboxylic acids is 1. The lowest BCUT2D eigenvalue weighted by Crippen LogP contribution is -2.09. The lowest BCUT2D eigenvalue weighted by Gasteiger charge is -2.13. The van der Waals surface area contributed by atoms with E-state index in [1.54, 1.807) is 12.1 Å². The Morgan fingerprint density at radius 1 is 0.885 bits per heavy atom. The second-order valence-corrected chi connectivity index (χ2v) is 5.84. The summed E-state index contributed by atoms with van der Waals surface area (Å²) in [4.78, 5) is 12.3. The van der Waals surface area contributed by atoms with Crippen molar-refractivity contribution in [1.82, 2.24) is 0 Å². The van der Waals surface area contributed by atoms with Crippen LogP contribution in [0.15, 0.2) is 91.7 Å². The summed E-state index contributed by atoms with van der Waals surface area (Å²) in [5, 5.41) is 0. The summed E-state index contributed by atoms with van der Waals surface area (Å²) in [6, 6.07) is 24.7. The summed E-state index contributed by atoms with van der Waals surface area (Å²) in [5.74, 6) is 0.404. The molecular formula is C23H20O3. The molecule has 26 heavy (non-hydrogen) atoms. The highest BCUT2D eigenvalue weighted by molar-refractivity contribution is 5.90. The van der Waals surface area contributed by atoms with E-state index < -0.39 is 0 Å². The molecule has 0 bridgehead atoms. The van der Waals surface area contributed by atoms with Gasteiger partial charge < -0.3 is 9.47 Å². The summed E-state index contributed by atoms with van der Waals surface area (Å²) in [7, 11) is 0. The molecule has 0 fully saturated rings. The number of ether oxygens (including phenoxy) is 2. The number of rotatable bonds is 6. The van der Waals surface area contributed by atoms with E-state index in [9.17, 15) is 4.79 Å². The fourth-order valence-electron chi connectivity index (χ4n) is 2.64. The second-order valence-electron chi connectivity index (χ2n) is 5.84. The molecule has 0 saturated heterocycles. The van der Waals surface area contributed by atoms with Crippen molar-refractivity contribution in [2.45, 2.75) is 13.0 Å². The molecule has 130 valence electrons. The third-order valence-electron chi connectivity index (χ3n) is 4.08. The molecule has 0 aliphatic rings. The summed E-state index contributed by atoms with van der Waals surface area (Å²) in [6.45, 7) is 5.41. The summed E-state index contributed by atoms with van der Waals surface area (Å²) < 4.78 is 10.8. The van der Waals surface area contributed by atoms with E-state index in [1.807, 2.05) is 73.7 Å². The predicted molar refractivity (Wildman–Crippen MR) is 103 cm³/mol. The van der Waals surface area contributed by atoms with E-state index in [0.29, 0.717) is 5.56 Å². The van der Waals surface area contributed by atoms with E-state index in [0.717, 1.165) is 22.4 Å². The molecule has 0 aliphatic heterocycles. The van der Waals surface area contributed by atoms with Gasteiger partial charge in [0.05, 0.1) is 11.8 Å². The molecule has 3 heteroatoms. The number of esters is 1. The lowest BCUT2D eigenvalue weighted by atomic mass is 10.0. The maximum atomic E-state index is 12.3. The van der Waals surface area contributed by atoms with Crippen molar-refractivity contribution >= 4 is 5.97 Å². The van der Waals surface area contributed by atoms with Gasteiger partial charge in [-0.05, 0) is 47.9 Å². The molecule has 0 N–H and O–H groups in total. The second kappa shape index (κ2) is 8.17. The average molecular weight is 344 g/mol. The molecular weight excluding hydrogens is 324 g/mol. The van der Waals surface area contributed by atoms with Gasteiger partial charge in [0, 0.05) is 0 Å². The van der Waals surface area contributed by atoms with E-state index in [-0.39, 0.29) is 12.1 Å². The van der Waals surface area contributed by atoms with Gasteiger partial charge in [0.25, 0.3) is 0 Å². The third-order valence-corrected chi connectivity index (χ3v) is 4.08. The standard InChI is InChI=1S/C23H20O3/c1-3-25-22-15-13-20(14-16-22)19-9-11-21(12-10-19)23(24)26-17(2)18-7-5-4-6-8-18/h3-17H,1H2,2H3. The molecule has 0 radical (unpaired) electrons. The van der Waals surface area contributed by atoms with Crippen LogP contribution in [0.1, 0.15) is 28.9 Å². The van der Waals surface area contributed by atoms with Crippen LogP contribution < -0.4 is 4.74 Å². The molecule has 1 atom stereocenters. The van der Waals surface area contributed by atoms with Crippen LogP contribution in [0, 0.1) is 0 Å². The van der Waals surface area contributed by atoms with Crippen molar-refractivity contribution in [3.05, 3.63) is 103 Å². The van der Waals surface area contributed by atoms with Crippen molar-refractivity contribution in [3.63, 3.8) is 0 Å². The van der Waals surface area contributed by atoms with Gasteiger partial charge in [-0.1, -0.05) is 61.2 Å². The van der Waals surface area contributed by atoms with Crippen LogP contribution >= 0.6 is 0 Å². The molecule has 3 aromatic rings. The first-order valence-corrected chi connectivity index (χ1v) is 8.41. The Morgan fingerprint density at radius 3 is 2.04 bits per heavy atom. The molecule has 1 unspecified atom stereocenters. The smallest absolute Gasteiger partial charge is 0.338 e. The molecule has 0 spiro atoms. The largest absolute Gasteiger partial charge is 0.466 e. The molecule has 3 aromatic carbocycles. The average Bonchev–Trinajstić information content (AvgIpc) is 2.69. The number of benzene rings is 3. The van der Waals surface area contributed by atoms with Gasteiger partial charge in [-0.15, -0.1) is 0 Å². The maximum absolute atomic E-state index is 12.3. The van der Waals surface area contributed by atoms with Gasteiger partial charge >= 0.3 is 5.97 Å². The van der Waals surface area contributed by atoms with Crippen molar-refractivity contribution < 1.29 is 14.3 Å². The molecule has 0 saturated carbocycles. The monoisotopic (exact) mass is 344 g/mol. The predicted octanol–water partition coefficient (Wildman–Crippen LogP) is 5.79. The lowest BCUT2D eigenvalue weighted by molar-refractivity contribution is 0.0338. The van der Waals surface area contributed by atoms with Crippen LogP contribution in [0.4, 0.5) is 0 Å². The van der Waals surface area contributed by atoms with Gasteiger partial charge in [0.2, 0.25) is 0 Å². The van der Waals surface area contributed by atoms with Crippen LogP contribution in [-0.4, -0.2) is 5.97 Å². The normalized spacial score (nSPS) is 11.4. The first-order valence-electron chi connectivity index (χ1n) is 8.41. The van der Waals surface area contributed by atoms with Crippen LogP contribution in [0.3, 0.4) is 0 Å². The van der Waals surface area contributed by atoms with Gasteiger partial charge in [-0.25, -0.2) is 4.79 Å². The van der Waals surface area contributed by atoms with E-state index >= 15 is 0 Å². The maximum Gasteiger partial charge on any atom is 0.338 e. The Kier molecular flexibility index (Phi) is 5.49. The van der Waals surface area contributed by atoms with Crippen molar-refractivity contribution in [3.8, 4) is 16.9 Å². The van der Waals surface area contributed by atoms with Crippen LogP contribution in [0.5, 0.6) is 5.75 Å². The van der Waals surface area contributed by atoms with Gasteiger partial charge in [-0.3, -0.25) is 0 Å². The number of carbonyl (C=O) groups is 1. The summed E-state index contributed by atoms with van der Waals surface area (Å²) in [5.41, 5.74) is 3.56. The highest BCUT2D eigenvalue weighted by Crippen LogP contribution is 2.24. The minimum Gasteiger partial charge on any atom is -0.466 e. The van der Waals surface area contributed by atoms with E-state index in [4.69, 9.17) is 9.47 Å². The summed E-state index contributed by atoms with van der Waals surface area (Å²) >= 11 is 0. The van der Waals surface area contributed by atoms with Crippen LogP contribution in [-0.2, 0) is 4.74 Å². The number of hydrogen-bond acceptors (Lipinski definition) is 3. The van der Waals surface area contributed by atoms with Gasteiger partial charge in [-0.2, -0.15) is 0 Å². The molecule has 0 aromatic heterocycles. The topological polar surface area (TPSA) is 35.5 Å². The third kappa shape index (κ3) is 4.19. The highest BCUT2D eigenvalue weighted by atomic mass is 16.5. The van der Waals surface area contributed by atoms with Crippen LogP contribution in [0.2, 0.25) is 0 Å². The Morgan fingerprint density at radius 2 is 1.46 bits per heavy atom. The fourth-order valence-corrected chi connectivity index (χ4v) is 2.64. The van der Waals surface area contributed by atoms with Gasteiger partial charge in [0.15, 0.2) is 0 Å². The van der Waals surface area contributed by atoms with Crippen molar-refractivity contribution in [2.75, 3.05) is 0 Å². The highest BCUT2D eigenvalue weighted by Gasteiger charge is 2.13. The minimum absolute atomic E-state index is 0.291. The zero-order valence-corrected chi connectivity index (χ0v) is 14.6. The molecule has 0 amide bonds. The van der Waals surface area contributed by atoms with Gasteiger partial charge in [0.1, 0.15) is 11.9 Å². The summed E-state index contributed by atoms with van der Waals surface area (Å²) in [6.07, 6.45) is 1.10. The molecule has 3 rings (SSSR count). The Hall–Kier alpha value is -3.33. The molecule has 0 aliphatic carbocycles. The Bertz CT molecular complexity index is 866. The first-order chi connectivity index (χ1) is 12.7.